The Morgan fingerprint density at radius 3 is 2.86 bits per heavy atom. The van der Waals surface area contributed by atoms with Crippen molar-refractivity contribution in [3.63, 3.8) is 0 Å². The number of piperazine rings is 1. The summed E-state index contributed by atoms with van der Waals surface area (Å²) in [7, 11) is 0. The Morgan fingerprint density at radius 2 is 2.14 bits per heavy atom. The number of thiophene rings is 1. The van der Waals surface area contributed by atoms with E-state index in [2.05, 4.69) is 21.8 Å². The van der Waals surface area contributed by atoms with E-state index < -0.39 is 0 Å². The van der Waals surface area contributed by atoms with Crippen molar-refractivity contribution < 1.29 is 4.79 Å². The van der Waals surface area contributed by atoms with Crippen molar-refractivity contribution in [2.24, 2.45) is 0 Å². The maximum Gasteiger partial charge on any atom is 0.235 e. The first-order valence-corrected chi connectivity index (χ1v) is 9.31. The first-order chi connectivity index (χ1) is 10.7. The van der Waals surface area contributed by atoms with Gasteiger partial charge in [0, 0.05) is 26.2 Å². The predicted molar refractivity (Wildman–Crippen MR) is 91.4 cm³/mol. The molecule has 1 saturated heterocycles. The molecule has 1 aliphatic heterocycles. The molecule has 7 heteroatoms. The van der Waals surface area contributed by atoms with Crippen LogP contribution >= 0.6 is 23.1 Å². The molecule has 1 atom stereocenters. The van der Waals surface area contributed by atoms with E-state index in [0.717, 1.165) is 48.0 Å². The van der Waals surface area contributed by atoms with Gasteiger partial charge in [0.15, 0.2) is 0 Å². The Labute approximate surface area is 138 Å². The van der Waals surface area contributed by atoms with Crippen molar-refractivity contribution in [3.05, 3.63) is 17.8 Å². The van der Waals surface area contributed by atoms with Crippen LogP contribution in [0.15, 0.2) is 22.8 Å². The summed E-state index contributed by atoms with van der Waals surface area (Å²) in [5.74, 6) is 0.212. The predicted octanol–water partition coefficient (Wildman–Crippen LogP) is 2.34. The van der Waals surface area contributed by atoms with Crippen LogP contribution in [-0.2, 0) is 4.79 Å². The maximum atomic E-state index is 12.6. The van der Waals surface area contributed by atoms with Gasteiger partial charge in [0.05, 0.1) is 15.5 Å². The summed E-state index contributed by atoms with van der Waals surface area (Å²) >= 11 is 3.17. The number of thioether (sulfide) groups is 1. The molecule has 2 aromatic heterocycles. The quantitative estimate of drug-likeness (QED) is 0.633. The van der Waals surface area contributed by atoms with Crippen molar-refractivity contribution in [2.75, 3.05) is 32.7 Å². The Balaban J connectivity index is 1.65. The zero-order valence-corrected chi connectivity index (χ0v) is 14.5. The number of carbonyl (C=O) groups is 1. The zero-order valence-electron chi connectivity index (χ0n) is 12.9. The van der Waals surface area contributed by atoms with Crippen LogP contribution in [0.4, 0.5) is 0 Å². The number of aromatic nitrogens is 2. The molecule has 0 aromatic carbocycles. The van der Waals surface area contributed by atoms with E-state index in [1.165, 1.54) is 0 Å². The van der Waals surface area contributed by atoms with Crippen LogP contribution < -0.4 is 0 Å². The molecule has 0 spiro atoms. The molecule has 3 rings (SSSR count). The molecular formula is C15H20N4OS2. The Kier molecular flexibility index (Phi) is 4.95. The van der Waals surface area contributed by atoms with Crippen LogP contribution in [0.1, 0.15) is 13.8 Å². The van der Waals surface area contributed by atoms with E-state index in [4.69, 9.17) is 0 Å². The highest BCUT2D eigenvalue weighted by Gasteiger charge is 2.25. The molecule has 0 bridgehead atoms. The van der Waals surface area contributed by atoms with Gasteiger partial charge in [-0.1, -0.05) is 18.7 Å². The second-order valence-corrected chi connectivity index (χ2v) is 7.58. The molecule has 118 valence electrons. The highest BCUT2D eigenvalue weighted by atomic mass is 32.2. The van der Waals surface area contributed by atoms with Crippen molar-refractivity contribution in [1.82, 2.24) is 19.8 Å². The molecule has 22 heavy (non-hydrogen) atoms. The van der Waals surface area contributed by atoms with E-state index in [9.17, 15) is 4.79 Å². The van der Waals surface area contributed by atoms with Crippen LogP contribution in [-0.4, -0.2) is 63.6 Å². The lowest BCUT2D eigenvalue weighted by Crippen LogP contribution is -2.50. The van der Waals surface area contributed by atoms with Gasteiger partial charge in [-0.05, 0) is 24.9 Å². The van der Waals surface area contributed by atoms with Gasteiger partial charge < -0.3 is 9.80 Å². The normalized spacial score (nSPS) is 17.8. The second kappa shape index (κ2) is 6.93. The van der Waals surface area contributed by atoms with E-state index in [1.807, 2.05) is 23.3 Å². The number of likely N-dealkylation sites (N-methyl/N-ethyl adjacent to an activating group) is 1. The molecule has 0 N–H and O–H groups in total. The third-order valence-electron chi connectivity index (χ3n) is 3.98. The number of fused-ring (bicyclic) bond motifs is 1. The average Bonchev–Trinajstić information content (AvgIpc) is 3.04. The number of hydrogen-bond donors (Lipinski definition) is 0. The van der Waals surface area contributed by atoms with Gasteiger partial charge in [-0.25, -0.2) is 9.97 Å². The van der Waals surface area contributed by atoms with Crippen molar-refractivity contribution in [2.45, 2.75) is 24.1 Å². The lowest BCUT2D eigenvalue weighted by Gasteiger charge is -2.35. The van der Waals surface area contributed by atoms with Crippen molar-refractivity contribution >= 4 is 39.2 Å². The maximum absolute atomic E-state index is 12.6. The van der Waals surface area contributed by atoms with Crippen molar-refractivity contribution in [3.8, 4) is 0 Å². The molecule has 0 aliphatic carbocycles. The van der Waals surface area contributed by atoms with Gasteiger partial charge in [-0.2, -0.15) is 0 Å². The molecule has 2 aromatic rings. The van der Waals surface area contributed by atoms with Crippen LogP contribution in [0.5, 0.6) is 0 Å². The minimum Gasteiger partial charge on any atom is -0.339 e. The fraction of sp³-hybridized carbons (Fsp3) is 0.533. The smallest absolute Gasteiger partial charge is 0.235 e. The Hall–Kier alpha value is -1.18. The van der Waals surface area contributed by atoms with E-state index >= 15 is 0 Å². The molecular weight excluding hydrogens is 316 g/mol. The lowest BCUT2D eigenvalue weighted by atomic mass is 10.3. The van der Waals surface area contributed by atoms with Crippen LogP contribution in [0.25, 0.3) is 10.2 Å². The second-order valence-electron chi connectivity index (χ2n) is 5.33. The fourth-order valence-corrected chi connectivity index (χ4v) is 4.53. The van der Waals surface area contributed by atoms with E-state index in [1.54, 1.807) is 29.4 Å². The number of rotatable bonds is 4. The lowest BCUT2D eigenvalue weighted by molar-refractivity contribution is -0.132. The first-order valence-electron chi connectivity index (χ1n) is 7.55. The topological polar surface area (TPSA) is 49.3 Å². The van der Waals surface area contributed by atoms with Crippen LogP contribution in [0, 0.1) is 0 Å². The molecule has 0 radical (unpaired) electrons. The number of amides is 1. The molecule has 3 heterocycles. The highest BCUT2D eigenvalue weighted by molar-refractivity contribution is 8.00. The van der Waals surface area contributed by atoms with E-state index in [0.29, 0.717) is 0 Å². The number of carbonyl (C=O) groups excluding carboxylic acids is 1. The minimum atomic E-state index is -0.117. The van der Waals surface area contributed by atoms with Gasteiger partial charge in [0.1, 0.15) is 11.4 Å². The summed E-state index contributed by atoms with van der Waals surface area (Å²) in [6.45, 7) is 8.80. The minimum absolute atomic E-state index is 0.117. The largest absolute Gasteiger partial charge is 0.339 e. The van der Waals surface area contributed by atoms with Crippen LogP contribution in [0.2, 0.25) is 0 Å². The zero-order chi connectivity index (χ0) is 15.5. The Morgan fingerprint density at radius 1 is 1.36 bits per heavy atom. The van der Waals surface area contributed by atoms with Gasteiger partial charge in [-0.15, -0.1) is 11.3 Å². The third kappa shape index (κ3) is 3.26. The van der Waals surface area contributed by atoms with Crippen LogP contribution in [0.3, 0.4) is 0 Å². The average molecular weight is 336 g/mol. The first kappa shape index (κ1) is 15.7. The monoisotopic (exact) mass is 336 g/mol. The summed E-state index contributed by atoms with van der Waals surface area (Å²) in [5, 5.41) is 2.81. The summed E-state index contributed by atoms with van der Waals surface area (Å²) in [6.07, 6.45) is 1.58. The summed E-state index contributed by atoms with van der Waals surface area (Å²) in [5.41, 5.74) is 0.957. The molecule has 5 nitrogen and oxygen atoms in total. The Bertz CT molecular complexity index is 652. The highest BCUT2D eigenvalue weighted by Crippen LogP contribution is 2.31. The fourth-order valence-electron chi connectivity index (χ4n) is 2.61. The van der Waals surface area contributed by atoms with Gasteiger partial charge >= 0.3 is 0 Å². The summed E-state index contributed by atoms with van der Waals surface area (Å²) < 4.78 is 1.07. The van der Waals surface area contributed by atoms with Crippen molar-refractivity contribution in [1.29, 1.82) is 0 Å². The molecule has 1 unspecified atom stereocenters. The van der Waals surface area contributed by atoms with E-state index in [-0.39, 0.29) is 11.2 Å². The molecule has 0 saturated carbocycles. The van der Waals surface area contributed by atoms with Gasteiger partial charge in [0.25, 0.3) is 0 Å². The molecule has 1 amide bonds. The summed E-state index contributed by atoms with van der Waals surface area (Å²) in [4.78, 5) is 25.6. The van der Waals surface area contributed by atoms with Gasteiger partial charge in [0.2, 0.25) is 5.91 Å². The SMILES string of the molecule is CCN1CCN(C(=O)C(C)Sc2ncnc3ccsc23)CC1. The number of hydrogen-bond acceptors (Lipinski definition) is 6. The summed E-state index contributed by atoms with van der Waals surface area (Å²) in [6, 6.07) is 1.99. The molecule has 1 aliphatic rings. The molecule has 1 fully saturated rings. The standard InChI is InChI=1S/C15H20N4OS2/c1-3-18-5-7-19(8-6-18)15(20)11(2)22-14-13-12(4-9-21-13)16-10-17-14/h4,9-11H,3,5-8H2,1-2H3. The third-order valence-corrected chi connectivity index (χ3v) is 6.11. The van der Waals surface area contributed by atoms with Gasteiger partial charge in [-0.3, -0.25) is 4.79 Å². The number of nitrogens with zero attached hydrogens (tertiary/aromatic N) is 4.